The maximum atomic E-state index is 9.42. The lowest BCUT2D eigenvalue weighted by Gasteiger charge is -2.18. The number of hydrogen-bond donors (Lipinski definition) is 2. The number of halogens is 1. The first-order chi connectivity index (χ1) is 11.1. The monoisotopic (exact) mass is 345 g/mol. The maximum absolute atomic E-state index is 9.42. The lowest BCUT2D eigenvalue weighted by molar-refractivity contribution is 0.475. The predicted molar refractivity (Wildman–Crippen MR) is 95.0 cm³/mol. The lowest BCUT2D eigenvalue weighted by Crippen LogP contribution is -2.09. The summed E-state index contributed by atoms with van der Waals surface area (Å²) in [5.74, 6) is 1.70. The Labute approximate surface area is 143 Å². The number of benzene rings is 1. The standard InChI is InChI=1S/C17H16ClN3OS/c1-9-2-7-12-13(8-9)23-16-14(12)15(20-17(18)21-16)19-10-3-5-11(22)6-4-10/h3-6,9,22H,2,7-8H2,1H3,(H,19,20,21). The summed E-state index contributed by atoms with van der Waals surface area (Å²) in [7, 11) is 0. The molecule has 2 heterocycles. The van der Waals surface area contributed by atoms with Gasteiger partial charge >= 0.3 is 0 Å². The van der Waals surface area contributed by atoms with Gasteiger partial charge in [-0.1, -0.05) is 6.92 Å². The molecule has 0 fully saturated rings. The average Bonchev–Trinajstić information content (AvgIpc) is 2.86. The van der Waals surface area contributed by atoms with Crippen molar-refractivity contribution in [3.05, 3.63) is 40.0 Å². The topological polar surface area (TPSA) is 58.0 Å². The van der Waals surface area contributed by atoms with E-state index in [9.17, 15) is 5.11 Å². The highest BCUT2D eigenvalue weighted by Gasteiger charge is 2.23. The van der Waals surface area contributed by atoms with Crippen molar-refractivity contribution in [1.82, 2.24) is 9.97 Å². The summed E-state index contributed by atoms with van der Waals surface area (Å²) in [5.41, 5.74) is 2.23. The highest BCUT2D eigenvalue weighted by atomic mass is 35.5. The second-order valence-electron chi connectivity index (χ2n) is 6.05. The molecule has 0 aliphatic heterocycles. The Bertz CT molecular complexity index is 876. The van der Waals surface area contributed by atoms with Crippen LogP contribution in [0.4, 0.5) is 11.5 Å². The molecular formula is C17H16ClN3OS. The van der Waals surface area contributed by atoms with Gasteiger partial charge in [-0.2, -0.15) is 4.98 Å². The molecule has 118 valence electrons. The predicted octanol–water partition coefficient (Wildman–Crippen LogP) is 4.92. The van der Waals surface area contributed by atoms with Crippen molar-refractivity contribution in [3.8, 4) is 5.75 Å². The van der Waals surface area contributed by atoms with E-state index in [1.165, 1.54) is 16.9 Å². The van der Waals surface area contributed by atoms with E-state index >= 15 is 0 Å². The molecular weight excluding hydrogens is 330 g/mol. The Balaban J connectivity index is 1.83. The van der Waals surface area contributed by atoms with Crippen LogP contribution in [0, 0.1) is 5.92 Å². The van der Waals surface area contributed by atoms with Crippen LogP contribution in [-0.2, 0) is 12.8 Å². The van der Waals surface area contributed by atoms with Gasteiger partial charge in [-0.25, -0.2) is 4.98 Å². The highest BCUT2D eigenvalue weighted by Crippen LogP contribution is 2.41. The number of fused-ring (bicyclic) bond motifs is 3. The van der Waals surface area contributed by atoms with Crippen molar-refractivity contribution < 1.29 is 5.11 Å². The first-order valence-corrected chi connectivity index (χ1v) is 8.83. The largest absolute Gasteiger partial charge is 0.508 e. The van der Waals surface area contributed by atoms with Crippen molar-refractivity contribution >= 4 is 44.7 Å². The molecule has 4 rings (SSSR count). The van der Waals surface area contributed by atoms with Crippen LogP contribution in [0.2, 0.25) is 5.28 Å². The first kappa shape index (κ1) is 14.7. The number of phenols is 1. The zero-order valence-corrected chi connectivity index (χ0v) is 14.2. The summed E-state index contributed by atoms with van der Waals surface area (Å²) < 4.78 is 0. The number of nitrogens with zero attached hydrogens (tertiary/aromatic N) is 2. The van der Waals surface area contributed by atoms with Crippen LogP contribution in [0.5, 0.6) is 5.75 Å². The van der Waals surface area contributed by atoms with Crippen molar-refractivity contribution in [2.45, 2.75) is 26.2 Å². The van der Waals surface area contributed by atoms with Crippen molar-refractivity contribution in [2.24, 2.45) is 5.92 Å². The van der Waals surface area contributed by atoms with E-state index in [2.05, 4.69) is 22.2 Å². The minimum atomic E-state index is 0.239. The van der Waals surface area contributed by atoms with Gasteiger partial charge in [-0.05, 0) is 66.6 Å². The van der Waals surface area contributed by atoms with Crippen LogP contribution in [0.3, 0.4) is 0 Å². The van der Waals surface area contributed by atoms with Gasteiger partial charge in [-0.15, -0.1) is 11.3 Å². The van der Waals surface area contributed by atoms with E-state index in [0.717, 1.165) is 34.6 Å². The molecule has 4 nitrogen and oxygen atoms in total. The smallest absolute Gasteiger partial charge is 0.225 e. The van der Waals surface area contributed by atoms with Crippen molar-refractivity contribution in [3.63, 3.8) is 0 Å². The van der Waals surface area contributed by atoms with Crippen LogP contribution in [0.1, 0.15) is 23.8 Å². The quantitative estimate of drug-likeness (QED) is 0.511. The van der Waals surface area contributed by atoms with Crippen molar-refractivity contribution in [2.75, 3.05) is 5.32 Å². The number of phenolic OH excluding ortho intramolecular Hbond substituents is 1. The average molecular weight is 346 g/mol. The summed E-state index contributed by atoms with van der Waals surface area (Å²) in [6.07, 6.45) is 3.36. The van der Waals surface area contributed by atoms with E-state index in [1.54, 1.807) is 23.5 Å². The number of aromatic hydroxyl groups is 1. The Morgan fingerprint density at radius 3 is 2.83 bits per heavy atom. The Kier molecular flexibility index (Phi) is 3.62. The molecule has 1 aromatic carbocycles. The molecule has 1 atom stereocenters. The molecule has 1 unspecified atom stereocenters. The number of rotatable bonds is 2. The summed E-state index contributed by atoms with van der Waals surface area (Å²) in [6.45, 7) is 2.29. The third-order valence-corrected chi connectivity index (χ3v) is 5.58. The normalized spacial score (nSPS) is 17.2. The molecule has 6 heteroatoms. The van der Waals surface area contributed by atoms with Gasteiger partial charge in [-0.3, -0.25) is 0 Å². The minimum Gasteiger partial charge on any atom is -0.508 e. The third kappa shape index (κ3) is 2.75. The number of aromatic nitrogens is 2. The molecule has 3 aromatic rings. The van der Waals surface area contributed by atoms with E-state index in [-0.39, 0.29) is 11.0 Å². The van der Waals surface area contributed by atoms with Crippen LogP contribution < -0.4 is 5.32 Å². The molecule has 0 amide bonds. The van der Waals surface area contributed by atoms with Crippen LogP contribution in [0.25, 0.3) is 10.2 Å². The Morgan fingerprint density at radius 2 is 2.04 bits per heavy atom. The molecule has 0 bridgehead atoms. The zero-order valence-electron chi connectivity index (χ0n) is 12.6. The maximum Gasteiger partial charge on any atom is 0.225 e. The zero-order chi connectivity index (χ0) is 16.0. The first-order valence-electron chi connectivity index (χ1n) is 7.64. The summed E-state index contributed by atoms with van der Waals surface area (Å²) in [4.78, 5) is 11.2. The van der Waals surface area contributed by atoms with Gasteiger partial charge in [0.1, 0.15) is 16.4 Å². The van der Waals surface area contributed by atoms with Gasteiger partial charge in [0.2, 0.25) is 5.28 Å². The van der Waals surface area contributed by atoms with Crippen molar-refractivity contribution in [1.29, 1.82) is 0 Å². The lowest BCUT2D eigenvalue weighted by atomic mass is 9.89. The molecule has 2 aromatic heterocycles. The molecule has 0 saturated heterocycles. The fourth-order valence-electron chi connectivity index (χ4n) is 3.09. The van der Waals surface area contributed by atoms with Gasteiger partial charge in [0.25, 0.3) is 0 Å². The van der Waals surface area contributed by atoms with E-state index < -0.39 is 0 Å². The second-order valence-corrected chi connectivity index (χ2v) is 7.47. The van der Waals surface area contributed by atoms with Gasteiger partial charge in [0, 0.05) is 10.6 Å². The summed E-state index contributed by atoms with van der Waals surface area (Å²) in [5, 5.41) is 14.1. The SMILES string of the molecule is CC1CCc2c(sc3nc(Cl)nc(Nc4ccc(O)cc4)c23)C1. The fraction of sp³-hybridized carbons (Fsp3) is 0.294. The number of aryl methyl sites for hydroxylation is 1. The Hall–Kier alpha value is -1.85. The molecule has 0 saturated carbocycles. The summed E-state index contributed by atoms with van der Waals surface area (Å²) >= 11 is 7.84. The minimum absolute atomic E-state index is 0.239. The fourth-order valence-corrected chi connectivity index (χ4v) is 4.69. The molecule has 1 aliphatic rings. The Morgan fingerprint density at radius 1 is 1.26 bits per heavy atom. The van der Waals surface area contributed by atoms with Gasteiger partial charge in [0.15, 0.2) is 0 Å². The van der Waals surface area contributed by atoms with Gasteiger partial charge < -0.3 is 10.4 Å². The van der Waals surface area contributed by atoms with E-state index in [1.807, 2.05) is 12.1 Å². The van der Waals surface area contributed by atoms with Crippen LogP contribution in [-0.4, -0.2) is 15.1 Å². The number of thiophene rings is 1. The summed E-state index contributed by atoms with van der Waals surface area (Å²) in [6, 6.07) is 6.93. The van der Waals surface area contributed by atoms with Gasteiger partial charge in [0.05, 0.1) is 5.39 Å². The molecule has 1 aliphatic carbocycles. The number of nitrogens with one attached hydrogen (secondary N) is 1. The van der Waals surface area contributed by atoms with Crippen LogP contribution in [0.15, 0.2) is 24.3 Å². The number of anilines is 2. The molecule has 23 heavy (non-hydrogen) atoms. The third-order valence-electron chi connectivity index (χ3n) is 4.26. The second kappa shape index (κ2) is 5.65. The molecule has 0 spiro atoms. The van der Waals surface area contributed by atoms with E-state index in [0.29, 0.717) is 5.92 Å². The number of hydrogen-bond acceptors (Lipinski definition) is 5. The molecule has 2 N–H and O–H groups in total. The highest BCUT2D eigenvalue weighted by molar-refractivity contribution is 7.19. The van der Waals surface area contributed by atoms with E-state index in [4.69, 9.17) is 11.6 Å². The van der Waals surface area contributed by atoms with Crippen LogP contribution >= 0.6 is 22.9 Å². The molecule has 0 radical (unpaired) electrons.